The Morgan fingerprint density at radius 3 is 2.40 bits per heavy atom. The predicted octanol–water partition coefficient (Wildman–Crippen LogP) is 2.54. The van der Waals surface area contributed by atoms with Crippen molar-refractivity contribution in [2.75, 3.05) is 13.2 Å². The second kappa shape index (κ2) is 8.73. The molecule has 2 N–H and O–H groups in total. The van der Waals surface area contributed by atoms with Gasteiger partial charge in [0.15, 0.2) is 6.61 Å². The maximum Gasteiger partial charge on any atom is 0.276 e. The Kier molecular flexibility index (Phi) is 6.39. The fourth-order valence-corrected chi connectivity index (χ4v) is 2.19. The number of aryl methyl sites for hydroxylation is 1. The third-order valence-electron chi connectivity index (χ3n) is 3.66. The lowest BCUT2D eigenvalue weighted by Gasteiger charge is -2.13. The smallest absolute Gasteiger partial charge is 0.276 e. The van der Waals surface area contributed by atoms with E-state index in [1.54, 1.807) is 30.3 Å². The van der Waals surface area contributed by atoms with E-state index >= 15 is 0 Å². The highest BCUT2D eigenvalue weighted by Crippen LogP contribution is 2.20. The Bertz CT molecular complexity index is 759. The van der Waals surface area contributed by atoms with E-state index in [4.69, 9.17) is 9.47 Å². The van der Waals surface area contributed by atoms with Crippen molar-refractivity contribution >= 4 is 11.8 Å². The lowest BCUT2D eigenvalue weighted by Crippen LogP contribution is -2.44. The van der Waals surface area contributed by atoms with Gasteiger partial charge in [0, 0.05) is 0 Å². The van der Waals surface area contributed by atoms with Crippen LogP contribution in [0.3, 0.4) is 0 Å². The maximum absolute atomic E-state index is 12.2. The van der Waals surface area contributed by atoms with Crippen molar-refractivity contribution in [2.45, 2.75) is 20.8 Å². The summed E-state index contributed by atoms with van der Waals surface area (Å²) in [5, 5.41) is 0. The van der Waals surface area contributed by atoms with Gasteiger partial charge in [-0.3, -0.25) is 20.4 Å². The number of para-hydroxylation sites is 1. The third kappa shape index (κ3) is 4.97. The van der Waals surface area contributed by atoms with Crippen LogP contribution in [0.1, 0.15) is 28.4 Å². The molecule has 0 aromatic heterocycles. The summed E-state index contributed by atoms with van der Waals surface area (Å²) < 4.78 is 10.9. The van der Waals surface area contributed by atoms with Crippen LogP contribution in [0.2, 0.25) is 0 Å². The molecule has 0 saturated heterocycles. The molecular weight excluding hydrogens is 320 g/mol. The summed E-state index contributed by atoms with van der Waals surface area (Å²) in [6, 6.07) is 12.5. The van der Waals surface area contributed by atoms with Crippen LogP contribution >= 0.6 is 0 Å². The van der Waals surface area contributed by atoms with Gasteiger partial charge in [0.25, 0.3) is 11.8 Å². The average Bonchev–Trinajstić information content (AvgIpc) is 2.61. The van der Waals surface area contributed by atoms with Gasteiger partial charge in [0.2, 0.25) is 0 Å². The lowest BCUT2D eigenvalue weighted by molar-refractivity contribution is -0.123. The van der Waals surface area contributed by atoms with E-state index in [1.165, 1.54) is 0 Å². The van der Waals surface area contributed by atoms with E-state index in [0.29, 0.717) is 23.7 Å². The monoisotopic (exact) mass is 342 g/mol. The summed E-state index contributed by atoms with van der Waals surface area (Å²) in [4.78, 5) is 24.0. The number of hydrogen-bond donors (Lipinski definition) is 2. The minimum atomic E-state index is -0.455. The number of ether oxygens (including phenoxy) is 2. The quantitative estimate of drug-likeness (QED) is 0.791. The highest BCUT2D eigenvalue weighted by molar-refractivity contribution is 5.97. The first-order valence-corrected chi connectivity index (χ1v) is 8.03. The van der Waals surface area contributed by atoms with E-state index in [0.717, 1.165) is 11.1 Å². The molecule has 6 heteroatoms. The van der Waals surface area contributed by atoms with Crippen molar-refractivity contribution < 1.29 is 19.1 Å². The molecule has 6 nitrogen and oxygen atoms in total. The van der Waals surface area contributed by atoms with Crippen molar-refractivity contribution in [2.24, 2.45) is 0 Å². The molecule has 2 amide bonds. The molecule has 0 fully saturated rings. The normalized spacial score (nSPS) is 10.0. The van der Waals surface area contributed by atoms with Crippen molar-refractivity contribution in [3.05, 3.63) is 59.2 Å². The number of rotatable bonds is 6. The van der Waals surface area contributed by atoms with Crippen molar-refractivity contribution in [3.8, 4) is 11.5 Å². The molecular formula is C19H22N2O4. The fourth-order valence-electron chi connectivity index (χ4n) is 2.19. The van der Waals surface area contributed by atoms with Crippen LogP contribution in [0.4, 0.5) is 0 Å². The Balaban J connectivity index is 1.87. The molecule has 0 radical (unpaired) electrons. The van der Waals surface area contributed by atoms with Crippen molar-refractivity contribution in [3.63, 3.8) is 0 Å². The first-order valence-electron chi connectivity index (χ1n) is 8.03. The van der Waals surface area contributed by atoms with Gasteiger partial charge in [0.1, 0.15) is 11.5 Å². The summed E-state index contributed by atoms with van der Waals surface area (Å²) in [6.07, 6.45) is 0. The van der Waals surface area contributed by atoms with Gasteiger partial charge < -0.3 is 9.47 Å². The molecule has 2 aromatic rings. The van der Waals surface area contributed by atoms with Crippen LogP contribution in [-0.2, 0) is 4.79 Å². The zero-order chi connectivity index (χ0) is 18.2. The number of nitrogens with one attached hydrogen (secondary N) is 2. The third-order valence-corrected chi connectivity index (χ3v) is 3.66. The van der Waals surface area contributed by atoms with Crippen LogP contribution in [0.25, 0.3) is 0 Å². The standard InChI is InChI=1S/C19H22N2O4/c1-4-24-17-10-6-5-9-15(17)19(23)21-20-18(22)12-25-16-11-7-8-13(2)14(16)3/h5-11H,4,12H2,1-3H3,(H,20,22)(H,21,23). The Labute approximate surface area is 147 Å². The van der Waals surface area contributed by atoms with Gasteiger partial charge in [-0.05, 0) is 50.1 Å². The molecule has 0 unspecified atom stereocenters. The highest BCUT2D eigenvalue weighted by Gasteiger charge is 2.13. The second-order valence-electron chi connectivity index (χ2n) is 5.42. The summed E-state index contributed by atoms with van der Waals surface area (Å²) in [6.45, 7) is 5.98. The van der Waals surface area contributed by atoms with Gasteiger partial charge >= 0.3 is 0 Å². The topological polar surface area (TPSA) is 76.7 Å². The minimum Gasteiger partial charge on any atom is -0.493 e. The molecule has 0 aliphatic rings. The SMILES string of the molecule is CCOc1ccccc1C(=O)NNC(=O)COc1cccc(C)c1C. The molecule has 25 heavy (non-hydrogen) atoms. The summed E-state index contributed by atoms with van der Waals surface area (Å²) in [5.41, 5.74) is 7.10. The van der Waals surface area contributed by atoms with Crippen LogP contribution in [0.15, 0.2) is 42.5 Å². The number of amides is 2. The molecule has 0 aliphatic carbocycles. The van der Waals surface area contributed by atoms with Gasteiger partial charge in [-0.2, -0.15) is 0 Å². The molecule has 2 rings (SSSR count). The zero-order valence-electron chi connectivity index (χ0n) is 14.6. The molecule has 0 bridgehead atoms. The second-order valence-corrected chi connectivity index (χ2v) is 5.42. The minimum absolute atomic E-state index is 0.197. The van der Waals surface area contributed by atoms with E-state index in [9.17, 15) is 9.59 Å². The number of benzene rings is 2. The largest absolute Gasteiger partial charge is 0.493 e. The Hall–Kier alpha value is -3.02. The summed E-state index contributed by atoms with van der Waals surface area (Å²) in [5.74, 6) is 0.193. The van der Waals surface area contributed by atoms with E-state index in [2.05, 4.69) is 10.9 Å². The van der Waals surface area contributed by atoms with E-state index in [-0.39, 0.29) is 6.61 Å². The number of hydrazine groups is 1. The molecule has 132 valence electrons. The van der Waals surface area contributed by atoms with Gasteiger partial charge in [0.05, 0.1) is 12.2 Å². The van der Waals surface area contributed by atoms with Crippen LogP contribution in [0, 0.1) is 13.8 Å². The predicted molar refractivity (Wildman–Crippen MR) is 94.6 cm³/mol. The molecule has 0 spiro atoms. The van der Waals surface area contributed by atoms with E-state index < -0.39 is 11.8 Å². The maximum atomic E-state index is 12.2. The fraction of sp³-hybridized carbons (Fsp3) is 0.263. The number of carbonyl (C=O) groups is 2. The zero-order valence-corrected chi connectivity index (χ0v) is 14.6. The Morgan fingerprint density at radius 1 is 0.920 bits per heavy atom. The number of hydrogen-bond acceptors (Lipinski definition) is 4. The van der Waals surface area contributed by atoms with E-state index in [1.807, 2.05) is 32.9 Å². The van der Waals surface area contributed by atoms with Crippen molar-refractivity contribution in [1.82, 2.24) is 10.9 Å². The average molecular weight is 342 g/mol. The van der Waals surface area contributed by atoms with Gasteiger partial charge in [-0.25, -0.2) is 0 Å². The molecule has 2 aromatic carbocycles. The molecule has 0 atom stereocenters. The van der Waals surface area contributed by atoms with Gasteiger partial charge in [-0.1, -0.05) is 24.3 Å². The Morgan fingerprint density at radius 2 is 1.64 bits per heavy atom. The number of carbonyl (C=O) groups excluding carboxylic acids is 2. The highest BCUT2D eigenvalue weighted by atomic mass is 16.5. The first-order chi connectivity index (χ1) is 12.0. The molecule has 0 aliphatic heterocycles. The van der Waals surface area contributed by atoms with Crippen LogP contribution in [-0.4, -0.2) is 25.0 Å². The summed E-state index contributed by atoms with van der Waals surface area (Å²) >= 11 is 0. The first kappa shape index (κ1) is 18.3. The summed E-state index contributed by atoms with van der Waals surface area (Å²) in [7, 11) is 0. The molecule has 0 heterocycles. The lowest BCUT2D eigenvalue weighted by atomic mass is 10.1. The van der Waals surface area contributed by atoms with Crippen LogP contribution in [0.5, 0.6) is 11.5 Å². The van der Waals surface area contributed by atoms with Crippen LogP contribution < -0.4 is 20.3 Å². The van der Waals surface area contributed by atoms with Gasteiger partial charge in [-0.15, -0.1) is 0 Å². The molecule has 0 saturated carbocycles. The van der Waals surface area contributed by atoms with Crippen molar-refractivity contribution in [1.29, 1.82) is 0 Å².